The van der Waals surface area contributed by atoms with Crippen molar-refractivity contribution >= 4 is 17.7 Å². The van der Waals surface area contributed by atoms with E-state index in [4.69, 9.17) is 4.74 Å². The molecule has 5 heteroatoms. The average molecular weight is 284 g/mol. The fourth-order valence-corrected chi connectivity index (χ4v) is 5.05. The summed E-state index contributed by atoms with van der Waals surface area (Å²) >= 11 is 2.11. The number of amides is 1. The number of nitrogens with one attached hydrogen (secondary N) is 1. The van der Waals surface area contributed by atoms with Gasteiger partial charge in [-0.05, 0) is 12.8 Å². The monoisotopic (exact) mass is 284 g/mol. The second-order valence-electron chi connectivity index (χ2n) is 5.93. The Hall–Kier alpha value is -0.260. The highest BCUT2D eigenvalue weighted by atomic mass is 32.2. The van der Waals surface area contributed by atoms with Crippen molar-refractivity contribution in [1.29, 1.82) is 0 Å². The van der Waals surface area contributed by atoms with E-state index in [1.165, 1.54) is 32.1 Å². The maximum absolute atomic E-state index is 12.6. The topological polar surface area (TPSA) is 41.6 Å². The van der Waals surface area contributed by atoms with E-state index >= 15 is 0 Å². The molecule has 2 aliphatic heterocycles. The third-order valence-electron chi connectivity index (χ3n) is 4.54. The Morgan fingerprint density at radius 2 is 2.16 bits per heavy atom. The molecule has 19 heavy (non-hydrogen) atoms. The molecule has 2 saturated heterocycles. The van der Waals surface area contributed by atoms with Crippen molar-refractivity contribution < 1.29 is 9.53 Å². The number of rotatable bonds is 1. The van der Waals surface area contributed by atoms with E-state index in [9.17, 15) is 4.79 Å². The molecule has 108 valence electrons. The molecule has 3 rings (SSSR count). The van der Waals surface area contributed by atoms with Gasteiger partial charge in [-0.1, -0.05) is 19.3 Å². The molecule has 0 aromatic heterocycles. The first-order chi connectivity index (χ1) is 9.29. The summed E-state index contributed by atoms with van der Waals surface area (Å²) in [5.41, 5.74) is 0. The van der Waals surface area contributed by atoms with Crippen LogP contribution in [0.25, 0.3) is 0 Å². The van der Waals surface area contributed by atoms with Crippen molar-refractivity contribution in [3.63, 3.8) is 0 Å². The van der Waals surface area contributed by atoms with Crippen LogP contribution in [0.15, 0.2) is 0 Å². The summed E-state index contributed by atoms with van der Waals surface area (Å²) in [6.07, 6.45) is 6.61. The van der Waals surface area contributed by atoms with Gasteiger partial charge in [0.25, 0.3) is 0 Å². The molecule has 1 N–H and O–H groups in total. The maximum Gasteiger partial charge on any atom is 0.242 e. The molecule has 1 aliphatic carbocycles. The van der Waals surface area contributed by atoms with Gasteiger partial charge in [-0.15, -0.1) is 0 Å². The van der Waals surface area contributed by atoms with E-state index in [0.717, 1.165) is 32.0 Å². The summed E-state index contributed by atoms with van der Waals surface area (Å²) in [5.74, 6) is 1.35. The summed E-state index contributed by atoms with van der Waals surface area (Å²) in [5, 5.41) is 3.28. The van der Waals surface area contributed by atoms with Gasteiger partial charge in [0.2, 0.25) is 5.91 Å². The number of morpholine rings is 1. The largest absolute Gasteiger partial charge is 0.378 e. The molecule has 0 radical (unpaired) electrons. The van der Waals surface area contributed by atoms with Crippen molar-refractivity contribution in [1.82, 2.24) is 10.2 Å². The first-order valence-electron chi connectivity index (χ1n) is 7.53. The lowest BCUT2D eigenvalue weighted by molar-refractivity contribution is -0.136. The van der Waals surface area contributed by atoms with Crippen LogP contribution in [-0.4, -0.2) is 60.2 Å². The Morgan fingerprint density at radius 1 is 1.32 bits per heavy atom. The van der Waals surface area contributed by atoms with Crippen LogP contribution in [0.2, 0.25) is 0 Å². The number of nitrogens with zero attached hydrogens (tertiary/aromatic N) is 1. The standard InChI is InChI=1S/C14H24N2O2S/c17-13(12-10-18-8-6-15-12)16-7-9-19-14(11-16)4-2-1-3-5-14/h12,15H,1-11H2. The van der Waals surface area contributed by atoms with Gasteiger partial charge in [0, 0.05) is 30.1 Å². The second kappa shape index (κ2) is 6.02. The van der Waals surface area contributed by atoms with Crippen LogP contribution >= 0.6 is 11.8 Å². The van der Waals surface area contributed by atoms with Crippen molar-refractivity contribution in [3.8, 4) is 0 Å². The smallest absolute Gasteiger partial charge is 0.242 e. The molecular formula is C14H24N2O2S. The first-order valence-corrected chi connectivity index (χ1v) is 8.52. The van der Waals surface area contributed by atoms with Gasteiger partial charge in [-0.25, -0.2) is 0 Å². The lowest BCUT2D eigenvalue weighted by Gasteiger charge is -2.45. The number of carbonyl (C=O) groups excluding carboxylic acids is 1. The Labute approximate surface area is 119 Å². The zero-order chi connectivity index (χ0) is 13.1. The molecule has 1 amide bonds. The molecule has 4 nitrogen and oxygen atoms in total. The van der Waals surface area contributed by atoms with E-state index in [1.807, 2.05) is 0 Å². The van der Waals surface area contributed by atoms with Crippen molar-refractivity contribution in [2.45, 2.75) is 42.9 Å². The number of thioether (sulfide) groups is 1. The third-order valence-corrected chi connectivity index (χ3v) is 6.08. The van der Waals surface area contributed by atoms with Gasteiger partial charge in [0.15, 0.2) is 0 Å². The van der Waals surface area contributed by atoms with Crippen molar-refractivity contribution in [2.24, 2.45) is 0 Å². The normalized spacial score (nSPS) is 31.4. The Morgan fingerprint density at radius 3 is 2.89 bits per heavy atom. The summed E-state index contributed by atoms with van der Waals surface area (Å²) < 4.78 is 5.78. The lowest BCUT2D eigenvalue weighted by atomic mass is 9.87. The van der Waals surface area contributed by atoms with Gasteiger partial charge in [0.05, 0.1) is 13.2 Å². The molecule has 3 fully saturated rings. The number of ether oxygens (including phenoxy) is 1. The van der Waals surface area contributed by atoms with E-state index in [1.54, 1.807) is 0 Å². The molecule has 0 aromatic rings. The minimum Gasteiger partial charge on any atom is -0.378 e. The SMILES string of the molecule is O=C(C1COCCN1)N1CCSC2(CCCCC2)C1. The van der Waals surface area contributed by atoms with Crippen LogP contribution in [0.1, 0.15) is 32.1 Å². The quantitative estimate of drug-likeness (QED) is 0.787. The highest BCUT2D eigenvalue weighted by molar-refractivity contribution is 8.00. The van der Waals surface area contributed by atoms with Crippen LogP contribution in [0.5, 0.6) is 0 Å². The zero-order valence-electron chi connectivity index (χ0n) is 11.5. The van der Waals surface area contributed by atoms with Gasteiger partial charge >= 0.3 is 0 Å². The zero-order valence-corrected chi connectivity index (χ0v) is 12.3. The fourth-order valence-electron chi connectivity index (χ4n) is 3.48. The average Bonchev–Trinajstić information content (AvgIpc) is 2.48. The molecule has 1 saturated carbocycles. The molecule has 2 heterocycles. The predicted octanol–water partition coefficient (Wildman–Crippen LogP) is 1.25. The summed E-state index contributed by atoms with van der Waals surface area (Å²) in [7, 11) is 0. The van der Waals surface area contributed by atoms with Crippen molar-refractivity contribution in [3.05, 3.63) is 0 Å². The van der Waals surface area contributed by atoms with E-state index in [0.29, 0.717) is 11.4 Å². The molecule has 0 bridgehead atoms. The highest BCUT2D eigenvalue weighted by Crippen LogP contribution is 2.42. The maximum atomic E-state index is 12.6. The minimum atomic E-state index is -0.113. The van der Waals surface area contributed by atoms with E-state index < -0.39 is 0 Å². The van der Waals surface area contributed by atoms with E-state index in [2.05, 4.69) is 22.0 Å². The third kappa shape index (κ3) is 3.09. The van der Waals surface area contributed by atoms with Gasteiger partial charge < -0.3 is 15.0 Å². The second-order valence-corrected chi connectivity index (χ2v) is 7.50. The van der Waals surface area contributed by atoms with Crippen LogP contribution < -0.4 is 5.32 Å². The fraction of sp³-hybridized carbons (Fsp3) is 0.929. The van der Waals surface area contributed by atoms with E-state index in [-0.39, 0.29) is 11.9 Å². The lowest BCUT2D eigenvalue weighted by Crippen LogP contribution is -2.57. The van der Waals surface area contributed by atoms with Crippen molar-refractivity contribution in [2.75, 3.05) is 38.6 Å². The summed E-state index contributed by atoms with van der Waals surface area (Å²) in [4.78, 5) is 14.6. The van der Waals surface area contributed by atoms with Gasteiger partial charge in [-0.2, -0.15) is 11.8 Å². The molecule has 1 unspecified atom stereocenters. The minimum absolute atomic E-state index is 0.113. The van der Waals surface area contributed by atoms with Gasteiger partial charge in [-0.3, -0.25) is 4.79 Å². The Balaban J connectivity index is 1.62. The first kappa shape index (κ1) is 13.7. The van der Waals surface area contributed by atoms with Crippen LogP contribution in [-0.2, 0) is 9.53 Å². The molecule has 0 aromatic carbocycles. The Bertz CT molecular complexity index is 320. The molecule has 1 spiro atoms. The van der Waals surface area contributed by atoms with Crippen LogP contribution in [0.4, 0.5) is 0 Å². The molecular weight excluding hydrogens is 260 g/mol. The number of hydrogen-bond acceptors (Lipinski definition) is 4. The van der Waals surface area contributed by atoms with Gasteiger partial charge in [0.1, 0.15) is 6.04 Å². The number of carbonyl (C=O) groups is 1. The molecule has 1 atom stereocenters. The summed E-state index contributed by atoms with van der Waals surface area (Å²) in [6.45, 7) is 3.92. The number of hydrogen-bond donors (Lipinski definition) is 1. The molecule has 3 aliphatic rings. The highest BCUT2D eigenvalue weighted by Gasteiger charge is 2.40. The van der Waals surface area contributed by atoms with Crippen LogP contribution in [0.3, 0.4) is 0 Å². The summed E-state index contributed by atoms with van der Waals surface area (Å²) in [6, 6.07) is -0.113. The Kier molecular flexibility index (Phi) is 4.34. The van der Waals surface area contributed by atoms with Crippen LogP contribution in [0, 0.1) is 0 Å². The predicted molar refractivity (Wildman–Crippen MR) is 77.5 cm³/mol.